The van der Waals surface area contributed by atoms with E-state index < -0.39 is 0 Å². The quantitative estimate of drug-likeness (QED) is 0.615. The summed E-state index contributed by atoms with van der Waals surface area (Å²) in [4.78, 5) is 4.60. The maximum Gasteiger partial charge on any atom is 0.162 e. The van der Waals surface area contributed by atoms with Crippen LogP contribution in [-0.4, -0.2) is 11.4 Å². The third kappa shape index (κ3) is 4.18. The van der Waals surface area contributed by atoms with Crippen molar-refractivity contribution >= 4 is 29.6 Å². The third-order valence-corrected chi connectivity index (χ3v) is 3.47. The van der Waals surface area contributed by atoms with Crippen LogP contribution in [0.3, 0.4) is 0 Å². The summed E-state index contributed by atoms with van der Waals surface area (Å²) >= 11 is 5.90. The molecule has 0 saturated carbocycles. The first-order chi connectivity index (χ1) is 11.2. The van der Waals surface area contributed by atoms with Crippen molar-refractivity contribution in [1.82, 2.24) is 5.16 Å². The molecule has 0 unspecified atom stereocenters. The fraction of sp³-hybridized carbons (Fsp3) is 0.0526. The number of aliphatic imine (C=N–C) groups is 1. The Labute approximate surface area is 139 Å². The average Bonchev–Trinajstić information content (AvgIpc) is 2.99. The molecule has 0 fully saturated rings. The lowest BCUT2D eigenvalue weighted by molar-refractivity contribution is 0.408. The Morgan fingerprint density at radius 1 is 1.09 bits per heavy atom. The summed E-state index contributed by atoms with van der Waals surface area (Å²) in [6.45, 7) is 1.89. The highest BCUT2D eigenvalue weighted by molar-refractivity contribution is 6.30. The van der Waals surface area contributed by atoms with E-state index in [4.69, 9.17) is 16.1 Å². The van der Waals surface area contributed by atoms with Gasteiger partial charge in [0.05, 0.1) is 11.4 Å². The van der Waals surface area contributed by atoms with Crippen molar-refractivity contribution in [3.05, 3.63) is 88.3 Å². The van der Waals surface area contributed by atoms with Gasteiger partial charge in [0.2, 0.25) is 0 Å². The molecule has 0 atom stereocenters. The first-order valence-corrected chi connectivity index (χ1v) is 7.58. The van der Waals surface area contributed by atoms with E-state index in [-0.39, 0.29) is 0 Å². The van der Waals surface area contributed by atoms with E-state index in [2.05, 4.69) is 10.1 Å². The fourth-order valence-corrected chi connectivity index (χ4v) is 2.21. The van der Waals surface area contributed by atoms with Crippen LogP contribution in [0.1, 0.15) is 22.6 Å². The Balaban J connectivity index is 1.95. The van der Waals surface area contributed by atoms with Gasteiger partial charge in [-0.15, -0.1) is 0 Å². The third-order valence-electron chi connectivity index (χ3n) is 3.22. The van der Waals surface area contributed by atoms with Crippen molar-refractivity contribution in [2.24, 2.45) is 4.99 Å². The molecular weight excluding hydrogens is 308 g/mol. The van der Waals surface area contributed by atoms with E-state index in [1.54, 1.807) is 6.21 Å². The summed E-state index contributed by atoms with van der Waals surface area (Å²) in [5, 5.41) is 4.61. The summed E-state index contributed by atoms with van der Waals surface area (Å²) in [5.41, 5.74) is 3.62. The maximum atomic E-state index is 5.90. The van der Waals surface area contributed by atoms with Crippen molar-refractivity contribution in [1.29, 1.82) is 0 Å². The molecule has 2 aromatic carbocycles. The Hall–Kier alpha value is -2.65. The van der Waals surface area contributed by atoms with E-state index in [1.807, 2.05) is 73.7 Å². The number of aromatic nitrogens is 1. The normalized spacial score (nSPS) is 12.0. The predicted molar refractivity (Wildman–Crippen MR) is 94.6 cm³/mol. The summed E-state index contributed by atoms with van der Waals surface area (Å²) in [6, 6.07) is 19.4. The number of benzene rings is 2. The van der Waals surface area contributed by atoms with Crippen molar-refractivity contribution in [3.8, 4) is 0 Å². The number of halogens is 1. The van der Waals surface area contributed by atoms with Crippen LogP contribution in [0.4, 0.5) is 0 Å². The number of aryl methyl sites for hydroxylation is 1. The lowest BCUT2D eigenvalue weighted by Gasteiger charge is -2.01. The van der Waals surface area contributed by atoms with Gasteiger partial charge in [0.15, 0.2) is 5.76 Å². The van der Waals surface area contributed by atoms with Crippen molar-refractivity contribution in [2.75, 3.05) is 0 Å². The monoisotopic (exact) mass is 322 g/mol. The van der Waals surface area contributed by atoms with E-state index in [1.165, 1.54) is 0 Å². The van der Waals surface area contributed by atoms with Gasteiger partial charge >= 0.3 is 0 Å². The molecular formula is C19H15ClN2O. The molecule has 1 heterocycles. The molecule has 0 aliphatic heterocycles. The van der Waals surface area contributed by atoms with Crippen LogP contribution < -0.4 is 0 Å². The average molecular weight is 323 g/mol. The van der Waals surface area contributed by atoms with Gasteiger partial charge in [0.25, 0.3) is 0 Å². The molecule has 3 rings (SSSR count). The predicted octanol–water partition coefficient (Wildman–Crippen LogP) is 5.25. The second-order valence-corrected chi connectivity index (χ2v) is 5.51. The molecule has 0 aliphatic carbocycles. The SMILES string of the molecule is Cc1cc(/C=C(/N=Cc2ccc(Cl)cc2)c2ccccc2)on1. The minimum atomic E-state index is 0.676. The molecule has 1 aromatic heterocycles. The number of hydrogen-bond acceptors (Lipinski definition) is 3. The zero-order valence-electron chi connectivity index (χ0n) is 12.6. The topological polar surface area (TPSA) is 38.4 Å². The van der Waals surface area contributed by atoms with Gasteiger partial charge in [-0.05, 0) is 24.6 Å². The molecule has 0 spiro atoms. The molecule has 23 heavy (non-hydrogen) atoms. The molecule has 3 nitrogen and oxygen atoms in total. The van der Waals surface area contributed by atoms with Crippen molar-refractivity contribution in [3.63, 3.8) is 0 Å². The smallest absolute Gasteiger partial charge is 0.162 e. The largest absolute Gasteiger partial charge is 0.357 e. The van der Waals surface area contributed by atoms with Crippen molar-refractivity contribution < 1.29 is 4.52 Å². The second kappa shape index (κ2) is 7.07. The Kier molecular flexibility index (Phi) is 4.69. The van der Waals surface area contributed by atoms with E-state index in [9.17, 15) is 0 Å². The van der Waals surface area contributed by atoms with Gasteiger partial charge in [-0.3, -0.25) is 4.99 Å². The first kappa shape index (κ1) is 15.3. The summed E-state index contributed by atoms with van der Waals surface area (Å²) in [7, 11) is 0. The number of hydrogen-bond donors (Lipinski definition) is 0. The van der Waals surface area contributed by atoms with Crippen LogP contribution in [-0.2, 0) is 0 Å². The highest BCUT2D eigenvalue weighted by atomic mass is 35.5. The first-order valence-electron chi connectivity index (χ1n) is 7.21. The molecule has 0 saturated heterocycles. The van der Waals surface area contributed by atoms with Crippen LogP contribution in [0.25, 0.3) is 11.8 Å². The Morgan fingerprint density at radius 3 is 2.48 bits per heavy atom. The summed E-state index contributed by atoms with van der Waals surface area (Å²) in [6.07, 6.45) is 3.68. The molecule has 4 heteroatoms. The second-order valence-electron chi connectivity index (χ2n) is 5.08. The van der Waals surface area contributed by atoms with Crippen LogP contribution >= 0.6 is 11.6 Å². The van der Waals surface area contributed by atoms with Gasteiger partial charge in [0.1, 0.15) is 0 Å². The van der Waals surface area contributed by atoms with Crippen LogP contribution in [0.15, 0.2) is 70.2 Å². The van der Waals surface area contributed by atoms with Gasteiger partial charge < -0.3 is 4.52 Å². The maximum absolute atomic E-state index is 5.90. The van der Waals surface area contributed by atoms with Crippen LogP contribution in [0.2, 0.25) is 5.02 Å². The standard InChI is InChI=1S/C19H15ClN2O/c1-14-11-18(23-22-14)12-19(16-5-3-2-4-6-16)21-13-15-7-9-17(20)10-8-15/h2-13H,1H3/b19-12+,21-13?. The van der Waals surface area contributed by atoms with Gasteiger partial charge in [0, 0.05) is 28.9 Å². The van der Waals surface area contributed by atoms with Gasteiger partial charge in [-0.1, -0.05) is 59.2 Å². The van der Waals surface area contributed by atoms with E-state index >= 15 is 0 Å². The number of rotatable bonds is 4. The van der Waals surface area contributed by atoms with E-state index in [0.29, 0.717) is 10.8 Å². The molecule has 114 valence electrons. The van der Waals surface area contributed by atoms with E-state index in [0.717, 1.165) is 22.5 Å². The van der Waals surface area contributed by atoms with Gasteiger partial charge in [-0.25, -0.2) is 0 Å². The fourth-order valence-electron chi connectivity index (χ4n) is 2.08. The molecule has 0 amide bonds. The molecule has 3 aromatic rings. The van der Waals surface area contributed by atoms with Gasteiger partial charge in [-0.2, -0.15) is 0 Å². The van der Waals surface area contributed by atoms with Crippen LogP contribution in [0.5, 0.6) is 0 Å². The highest BCUT2D eigenvalue weighted by Crippen LogP contribution is 2.20. The minimum absolute atomic E-state index is 0.676. The molecule has 0 bridgehead atoms. The molecule has 0 aliphatic rings. The Morgan fingerprint density at radius 2 is 1.83 bits per heavy atom. The highest BCUT2D eigenvalue weighted by Gasteiger charge is 2.03. The zero-order chi connectivity index (χ0) is 16.1. The zero-order valence-corrected chi connectivity index (χ0v) is 13.4. The van der Waals surface area contributed by atoms with Crippen molar-refractivity contribution in [2.45, 2.75) is 6.92 Å². The summed E-state index contributed by atoms with van der Waals surface area (Å²) < 4.78 is 5.27. The van der Waals surface area contributed by atoms with Crippen LogP contribution in [0, 0.1) is 6.92 Å². The lowest BCUT2D eigenvalue weighted by atomic mass is 10.1. The minimum Gasteiger partial charge on any atom is -0.357 e. The Bertz CT molecular complexity index is 833. The lowest BCUT2D eigenvalue weighted by Crippen LogP contribution is -1.84. The number of nitrogens with zero attached hydrogens (tertiary/aromatic N) is 2. The molecule has 0 N–H and O–H groups in total. The summed E-state index contributed by atoms with van der Waals surface area (Å²) in [5.74, 6) is 0.676. The molecule has 0 radical (unpaired) electrons.